The number of carbonyl (C=O) groups is 2. The molecule has 4 rings (SSSR count). The Balaban J connectivity index is 1.50. The smallest absolute Gasteiger partial charge is 0.343 e. The third kappa shape index (κ3) is 6.00. The van der Waals surface area contributed by atoms with Gasteiger partial charge in [0, 0.05) is 14.5 Å². The van der Waals surface area contributed by atoms with E-state index in [9.17, 15) is 9.59 Å². The number of nitrogens with one attached hydrogen (secondary N) is 1. The lowest BCUT2D eigenvalue weighted by Gasteiger charge is -2.11. The molecular weight excluding hydrogens is 628 g/mol. The van der Waals surface area contributed by atoms with Crippen LogP contribution in [0.5, 0.6) is 5.75 Å². The summed E-state index contributed by atoms with van der Waals surface area (Å²) in [6.45, 7) is 0. The van der Waals surface area contributed by atoms with Gasteiger partial charge in [0.2, 0.25) is 5.91 Å². The minimum Gasteiger partial charge on any atom is -0.421 e. The second-order valence-electron chi connectivity index (χ2n) is 7.31. The number of halogens is 3. The van der Waals surface area contributed by atoms with E-state index in [4.69, 9.17) is 4.74 Å². The molecule has 4 aromatic rings. The SMILES string of the molecule is O=C(Cc1cccc2ccccc12)N/N=C/c1cc(Br)cc(Br)c1OC(=O)c1cccc(Br)c1. The molecule has 0 saturated heterocycles. The first-order valence-electron chi connectivity index (χ1n) is 10.2. The summed E-state index contributed by atoms with van der Waals surface area (Å²) < 4.78 is 7.73. The lowest BCUT2D eigenvalue weighted by atomic mass is 10.0. The number of hydrogen-bond acceptors (Lipinski definition) is 4. The van der Waals surface area contributed by atoms with E-state index in [1.54, 1.807) is 30.3 Å². The molecule has 5 nitrogen and oxygen atoms in total. The van der Waals surface area contributed by atoms with E-state index in [0.29, 0.717) is 21.3 Å². The van der Waals surface area contributed by atoms with Gasteiger partial charge in [-0.3, -0.25) is 4.79 Å². The van der Waals surface area contributed by atoms with Crippen LogP contribution in [0.2, 0.25) is 0 Å². The molecule has 0 bridgehead atoms. The molecule has 170 valence electrons. The fourth-order valence-corrected chi connectivity index (χ4v) is 5.12. The summed E-state index contributed by atoms with van der Waals surface area (Å²) in [5.74, 6) is -0.478. The highest BCUT2D eigenvalue weighted by Gasteiger charge is 2.16. The van der Waals surface area contributed by atoms with Crippen molar-refractivity contribution in [3.05, 3.63) is 109 Å². The second kappa shape index (κ2) is 11.1. The van der Waals surface area contributed by atoms with Gasteiger partial charge in [-0.25, -0.2) is 10.2 Å². The van der Waals surface area contributed by atoms with Crippen molar-refractivity contribution in [1.29, 1.82) is 0 Å². The van der Waals surface area contributed by atoms with Crippen molar-refractivity contribution in [2.45, 2.75) is 6.42 Å². The number of rotatable bonds is 6. The highest BCUT2D eigenvalue weighted by molar-refractivity contribution is 9.11. The van der Waals surface area contributed by atoms with E-state index in [1.807, 2.05) is 48.5 Å². The van der Waals surface area contributed by atoms with Crippen LogP contribution in [0.3, 0.4) is 0 Å². The maximum absolute atomic E-state index is 12.7. The number of carbonyl (C=O) groups excluding carboxylic acids is 2. The molecular formula is C26H17Br3N2O3. The van der Waals surface area contributed by atoms with E-state index in [1.165, 1.54) is 6.21 Å². The van der Waals surface area contributed by atoms with Gasteiger partial charge in [-0.05, 0) is 62.6 Å². The summed E-state index contributed by atoms with van der Waals surface area (Å²) in [5, 5.41) is 6.20. The quantitative estimate of drug-likeness (QED) is 0.106. The van der Waals surface area contributed by atoms with Crippen molar-refractivity contribution >= 4 is 76.7 Å². The van der Waals surface area contributed by atoms with Gasteiger partial charge < -0.3 is 4.74 Å². The van der Waals surface area contributed by atoms with Crippen LogP contribution < -0.4 is 10.2 Å². The number of hydrogen-bond donors (Lipinski definition) is 1. The number of fused-ring (bicyclic) bond motifs is 1. The number of esters is 1. The van der Waals surface area contributed by atoms with E-state index in [0.717, 1.165) is 25.3 Å². The Morgan fingerprint density at radius 1 is 0.882 bits per heavy atom. The van der Waals surface area contributed by atoms with Gasteiger partial charge in [0.15, 0.2) is 5.75 Å². The molecule has 1 N–H and O–H groups in total. The maximum Gasteiger partial charge on any atom is 0.343 e. The Labute approximate surface area is 221 Å². The van der Waals surface area contributed by atoms with Gasteiger partial charge in [0.25, 0.3) is 0 Å². The Hall–Kier alpha value is -2.81. The van der Waals surface area contributed by atoms with Crippen LogP contribution >= 0.6 is 47.8 Å². The first-order valence-corrected chi connectivity index (χ1v) is 12.5. The van der Waals surface area contributed by atoms with E-state index < -0.39 is 5.97 Å². The molecule has 0 spiro atoms. The molecule has 0 unspecified atom stereocenters. The predicted octanol–water partition coefficient (Wildman–Crippen LogP) is 7.04. The Morgan fingerprint density at radius 2 is 1.65 bits per heavy atom. The Kier molecular flexibility index (Phi) is 7.92. The molecule has 0 saturated carbocycles. The molecule has 4 aromatic carbocycles. The number of ether oxygens (including phenoxy) is 1. The molecule has 8 heteroatoms. The number of benzene rings is 4. The van der Waals surface area contributed by atoms with Gasteiger partial charge in [-0.15, -0.1) is 0 Å². The van der Waals surface area contributed by atoms with Crippen LogP contribution in [0.15, 0.2) is 97.4 Å². The summed E-state index contributed by atoms with van der Waals surface area (Å²) in [4.78, 5) is 25.2. The maximum atomic E-state index is 12.7. The molecule has 0 fully saturated rings. The average molecular weight is 645 g/mol. The van der Waals surface area contributed by atoms with Crippen molar-refractivity contribution in [3.8, 4) is 5.75 Å². The molecule has 0 atom stereocenters. The van der Waals surface area contributed by atoms with Gasteiger partial charge in [0.1, 0.15) is 0 Å². The van der Waals surface area contributed by atoms with Crippen LogP contribution in [-0.2, 0) is 11.2 Å². The summed E-state index contributed by atoms with van der Waals surface area (Å²) in [7, 11) is 0. The standard InChI is InChI=1S/C26H17Br3N2O3/c27-20-9-4-8-18(11-20)26(33)34-25-19(12-21(28)14-23(25)29)15-30-31-24(32)13-17-7-3-6-16-5-1-2-10-22(16)17/h1-12,14-15H,13H2,(H,31,32)/b30-15+. The van der Waals surface area contributed by atoms with Gasteiger partial charge >= 0.3 is 5.97 Å². The predicted molar refractivity (Wildman–Crippen MR) is 144 cm³/mol. The van der Waals surface area contributed by atoms with Crippen LogP contribution in [0.1, 0.15) is 21.5 Å². The van der Waals surface area contributed by atoms with Crippen molar-refractivity contribution in [1.82, 2.24) is 5.43 Å². The van der Waals surface area contributed by atoms with Crippen molar-refractivity contribution in [2.75, 3.05) is 0 Å². The summed E-state index contributed by atoms with van der Waals surface area (Å²) in [6.07, 6.45) is 1.63. The van der Waals surface area contributed by atoms with Crippen LogP contribution in [0, 0.1) is 0 Å². The first kappa shape index (κ1) is 24.3. The number of nitrogens with zero attached hydrogens (tertiary/aromatic N) is 1. The average Bonchev–Trinajstić information content (AvgIpc) is 2.81. The van der Waals surface area contributed by atoms with Crippen LogP contribution in [-0.4, -0.2) is 18.1 Å². The highest BCUT2D eigenvalue weighted by Crippen LogP contribution is 2.33. The summed E-state index contributed by atoms with van der Waals surface area (Å²) in [6, 6.07) is 24.2. The second-order valence-corrected chi connectivity index (χ2v) is 10.00. The summed E-state index contributed by atoms with van der Waals surface area (Å²) >= 11 is 10.2. The van der Waals surface area contributed by atoms with Gasteiger partial charge in [-0.1, -0.05) is 80.4 Å². The third-order valence-corrected chi connectivity index (χ3v) is 6.46. The highest BCUT2D eigenvalue weighted by atomic mass is 79.9. The number of hydrazone groups is 1. The zero-order valence-electron chi connectivity index (χ0n) is 17.6. The molecule has 0 aliphatic carbocycles. The lowest BCUT2D eigenvalue weighted by molar-refractivity contribution is -0.120. The van der Waals surface area contributed by atoms with Crippen molar-refractivity contribution < 1.29 is 14.3 Å². The molecule has 0 aliphatic rings. The van der Waals surface area contributed by atoms with Crippen molar-refractivity contribution in [2.24, 2.45) is 5.10 Å². The monoisotopic (exact) mass is 642 g/mol. The van der Waals surface area contributed by atoms with Crippen LogP contribution in [0.4, 0.5) is 0 Å². The molecule has 0 aliphatic heterocycles. The zero-order chi connectivity index (χ0) is 24.1. The fourth-order valence-electron chi connectivity index (χ4n) is 3.38. The van der Waals surface area contributed by atoms with Gasteiger partial charge in [-0.2, -0.15) is 5.10 Å². The number of amides is 1. The van der Waals surface area contributed by atoms with E-state index >= 15 is 0 Å². The zero-order valence-corrected chi connectivity index (χ0v) is 22.4. The molecule has 0 aromatic heterocycles. The Morgan fingerprint density at radius 3 is 2.47 bits per heavy atom. The topological polar surface area (TPSA) is 67.8 Å². The first-order chi connectivity index (χ1) is 16.4. The van der Waals surface area contributed by atoms with Crippen molar-refractivity contribution in [3.63, 3.8) is 0 Å². The molecule has 0 radical (unpaired) electrons. The van der Waals surface area contributed by atoms with Gasteiger partial charge in [0.05, 0.1) is 22.7 Å². The third-order valence-electron chi connectivity index (χ3n) is 4.92. The Bertz CT molecular complexity index is 1410. The minimum absolute atomic E-state index is 0.186. The fraction of sp³-hybridized carbons (Fsp3) is 0.0385. The molecule has 0 heterocycles. The van der Waals surface area contributed by atoms with E-state index in [2.05, 4.69) is 58.3 Å². The normalized spacial score (nSPS) is 11.0. The van der Waals surface area contributed by atoms with Crippen LogP contribution in [0.25, 0.3) is 10.8 Å². The molecule has 34 heavy (non-hydrogen) atoms. The van der Waals surface area contributed by atoms with E-state index in [-0.39, 0.29) is 12.3 Å². The molecule has 1 amide bonds. The lowest BCUT2D eigenvalue weighted by Crippen LogP contribution is -2.20. The largest absolute Gasteiger partial charge is 0.421 e. The minimum atomic E-state index is -0.515. The summed E-state index contributed by atoms with van der Waals surface area (Å²) in [5.41, 5.74) is 4.38.